The maximum absolute atomic E-state index is 13.2. The SMILES string of the molecule is COc1ccc(F)cc1C(=O)CN1CCOCC1=O. The summed E-state index contributed by atoms with van der Waals surface area (Å²) in [5.41, 5.74) is 0.141. The van der Waals surface area contributed by atoms with Crippen molar-refractivity contribution >= 4 is 11.7 Å². The summed E-state index contributed by atoms with van der Waals surface area (Å²) in [5.74, 6) is -0.814. The molecule has 1 aromatic carbocycles. The Kier molecular flexibility index (Phi) is 4.11. The molecule has 0 unspecified atom stereocenters. The van der Waals surface area contributed by atoms with Crippen LogP contribution < -0.4 is 4.74 Å². The summed E-state index contributed by atoms with van der Waals surface area (Å²) in [6, 6.07) is 3.73. The second kappa shape index (κ2) is 5.79. The summed E-state index contributed by atoms with van der Waals surface area (Å²) >= 11 is 0. The van der Waals surface area contributed by atoms with Gasteiger partial charge >= 0.3 is 0 Å². The Hall–Kier alpha value is -1.95. The van der Waals surface area contributed by atoms with Crippen molar-refractivity contribution in [3.63, 3.8) is 0 Å². The molecule has 1 aliphatic rings. The number of benzene rings is 1. The number of amides is 1. The van der Waals surface area contributed by atoms with Gasteiger partial charge in [0.05, 0.1) is 25.8 Å². The molecule has 0 spiro atoms. The number of carbonyl (C=O) groups is 2. The lowest BCUT2D eigenvalue weighted by molar-refractivity contribution is -0.141. The van der Waals surface area contributed by atoms with Crippen molar-refractivity contribution < 1.29 is 23.5 Å². The van der Waals surface area contributed by atoms with Crippen molar-refractivity contribution in [3.05, 3.63) is 29.6 Å². The second-order valence-corrected chi connectivity index (χ2v) is 4.14. The fraction of sp³-hybridized carbons (Fsp3) is 0.385. The zero-order valence-electron chi connectivity index (χ0n) is 10.5. The van der Waals surface area contributed by atoms with E-state index >= 15 is 0 Å². The zero-order valence-corrected chi connectivity index (χ0v) is 10.5. The van der Waals surface area contributed by atoms with Crippen molar-refractivity contribution in [2.45, 2.75) is 0 Å². The number of methoxy groups -OCH3 is 1. The molecule has 0 saturated carbocycles. The predicted octanol–water partition coefficient (Wildman–Crippen LogP) is 0.876. The molecule has 19 heavy (non-hydrogen) atoms. The van der Waals surface area contributed by atoms with Crippen LogP contribution in [0.5, 0.6) is 5.75 Å². The summed E-state index contributed by atoms with van der Waals surface area (Å²) in [5, 5.41) is 0. The standard InChI is InChI=1S/C13H14FNO4/c1-18-12-3-2-9(14)6-10(12)11(16)7-15-4-5-19-8-13(15)17/h2-3,6H,4-5,7-8H2,1H3. The Balaban J connectivity index is 2.15. The highest BCUT2D eigenvalue weighted by molar-refractivity contribution is 6.01. The molecule has 6 heteroatoms. The second-order valence-electron chi connectivity index (χ2n) is 4.14. The average Bonchev–Trinajstić information content (AvgIpc) is 2.41. The molecule has 5 nitrogen and oxygen atoms in total. The first-order valence-electron chi connectivity index (χ1n) is 5.84. The van der Waals surface area contributed by atoms with Gasteiger partial charge in [0.15, 0.2) is 5.78 Å². The van der Waals surface area contributed by atoms with E-state index in [0.29, 0.717) is 18.9 Å². The predicted molar refractivity (Wildman–Crippen MR) is 64.7 cm³/mol. The number of Topliss-reactive ketones (excluding diaryl/α,β-unsaturated/α-hetero) is 1. The van der Waals surface area contributed by atoms with E-state index in [1.165, 1.54) is 24.1 Å². The maximum Gasteiger partial charge on any atom is 0.249 e. The molecule has 0 atom stereocenters. The maximum atomic E-state index is 13.2. The number of carbonyl (C=O) groups excluding carboxylic acids is 2. The average molecular weight is 267 g/mol. The number of nitrogens with zero attached hydrogens (tertiary/aromatic N) is 1. The van der Waals surface area contributed by atoms with Crippen LogP contribution in [0.1, 0.15) is 10.4 Å². The Labute approximate surface area is 109 Å². The van der Waals surface area contributed by atoms with Gasteiger partial charge in [-0.2, -0.15) is 0 Å². The molecule has 0 N–H and O–H groups in total. The van der Waals surface area contributed by atoms with Gasteiger partial charge in [-0.15, -0.1) is 0 Å². The fourth-order valence-corrected chi connectivity index (χ4v) is 1.87. The van der Waals surface area contributed by atoms with Crippen LogP contribution in [0.25, 0.3) is 0 Å². The first kappa shape index (κ1) is 13.5. The summed E-state index contributed by atoms with van der Waals surface area (Å²) < 4.78 is 23.2. The first-order valence-corrected chi connectivity index (χ1v) is 5.84. The van der Waals surface area contributed by atoms with Gasteiger partial charge in [0, 0.05) is 6.54 Å². The molecule has 0 radical (unpaired) electrons. The van der Waals surface area contributed by atoms with Crippen LogP contribution in [0.3, 0.4) is 0 Å². The molecule has 1 aliphatic heterocycles. The van der Waals surface area contributed by atoms with Crippen LogP contribution in [-0.4, -0.2) is 50.0 Å². The Morgan fingerprint density at radius 2 is 2.32 bits per heavy atom. The van der Waals surface area contributed by atoms with Crippen LogP contribution in [0, 0.1) is 5.82 Å². The van der Waals surface area contributed by atoms with E-state index in [-0.39, 0.29) is 30.4 Å². The Morgan fingerprint density at radius 1 is 1.53 bits per heavy atom. The van der Waals surface area contributed by atoms with E-state index in [1.807, 2.05) is 0 Å². The third kappa shape index (κ3) is 3.08. The van der Waals surface area contributed by atoms with E-state index in [1.54, 1.807) is 0 Å². The lowest BCUT2D eigenvalue weighted by atomic mass is 10.1. The van der Waals surface area contributed by atoms with Gasteiger partial charge in [-0.1, -0.05) is 0 Å². The molecule has 0 bridgehead atoms. The number of halogens is 1. The van der Waals surface area contributed by atoms with E-state index in [0.717, 1.165) is 6.07 Å². The van der Waals surface area contributed by atoms with Crippen LogP contribution in [0.2, 0.25) is 0 Å². The lowest BCUT2D eigenvalue weighted by Gasteiger charge is -2.26. The molecule has 1 fully saturated rings. The van der Waals surface area contributed by atoms with Gasteiger partial charge < -0.3 is 14.4 Å². The van der Waals surface area contributed by atoms with Crippen LogP contribution in [0.4, 0.5) is 4.39 Å². The highest BCUT2D eigenvalue weighted by atomic mass is 19.1. The monoisotopic (exact) mass is 267 g/mol. The summed E-state index contributed by atoms with van der Waals surface area (Å²) in [6.45, 7) is 0.650. The normalized spacial score (nSPS) is 15.5. The highest BCUT2D eigenvalue weighted by Crippen LogP contribution is 2.20. The van der Waals surface area contributed by atoms with Gasteiger partial charge in [0.2, 0.25) is 5.91 Å². The fourth-order valence-electron chi connectivity index (χ4n) is 1.87. The van der Waals surface area contributed by atoms with E-state index < -0.39 is 5.82 Å². The summed E-state index contributed by atoms with van der Waals surface area (Å²) in [6.07, 6.45) is 0. The number of morpholine rings is 1. The smallest absolute Gasteiger partial charge is 0.249 e. The van der Waals surface area contributed by atoms with Crippen molar-refractivity contribution in [1.82, 2.24) is 4.90 Å². The van der Waals surface area contributed by atoms with Crippen molar-refractivity contribution in [2.75, 3.05) is 33.4 Å². The van der Waals surface area contributed by atoms with Crippen molar-refractivity contribution in [2.24, 2.45) is 0 Å². The van der Waals surface area contributed by atoms with Gasteiger partial charge in [0.1, 0.15) is 18.2 Å². The van der Waals surface area contributed by atoms with E-state index in [4.69, 9.17) is 9.47 Å². The summed E-state index contributed by atoms with van der Waals surface area (Å²) in [7, 11) is 1.41. The molecule has 2 rings (SSSR count). The van der Waals surface area contributed by atoms with Gasteiger partial charge in [-0.05, 0) is 18.2 Å². The molecular weight excluding hydrogens is 253 g/mol. The van der Waals surface area contributed by atoms with Crippen LogP contribution in [-0.2, 0) is 9.53 Å². The Bertz CT molecular complexity index is 503. The van der Waals surface area contributed by atoms with E-state index in [2.05, 4.69) is 0 Å². The molecule has 1 heterocycles. The quantitative estimate of drug-likeness (QED) is 0.760. The van der Waals surface area contributed by atoms with Gasteiger partial charge in [-0.25, -0.2) is 4.39 Å². The zero-order chi connectivity index (χ0) is 13.8. The van der Waals surface area contributed by atoms with E-state index in [9.17, 15) is 14.0 Å². The molecule has 1 aromatic rings. The number of hydrogen-bond acceptors (Lipinski definition) is 4. The van der Waals surface area contributed by atoms with Gasteiger partial charge in [-0.3, -0.25) is 9.59 Å². The third-order valence-electron chi connectivity index (χ3n) is 2.88. The number of rotatable bonds is 4. The van der Waals surface area contributed by atoms with Crippen LogP contribution >= 0.6 is 0 Å². The third-order valence-corrected chi connectivity index (χ3v) is 2.88. The molecule has 0 aromatic heterocycles. The topological polar surface area (TPSA) is 55.8 Å². The minimum absolute atomic E-state index is 0.0203. The Morgan fingerprint density at radius 3 is 3.00 bits per heavy atom. The van der Waals surface area contributed by atoms with Crippen molar-refractivity contribution in [3.8, 4) is 5.75 Å². The molecule has 102 valence electrons. The van der Waals surface area contributed by atoms with Crippen molar-refractivity contribution in [1.29, 1.82) is 0 Å². The first-order chi connectivity index (χ1) is 9.11. The van der Waals surface area contributed by atoms with Crippen LogP contribution in [0.15, 0.2) is 18.2 Å². The van der Waals surface area contributed by atoms with Gasteiger partial charge in [0.25, 0.3) is 0 Å². The molecular formula is C13H14FNO4. The highest BCUT2D eigenvalue weighted by Gasteiger charge is 2.23. The minimum atomic E-state index is -0.516. The number of hydrogen-bond donors (Lipinski definition) is 0. The number of ketones is 1. The minimum Gasteiger partial charge on any atom is -0.496 e. The summed E-state index contributed by atoms with van der Waals surface area (Å²) in [4.78, 5) is 25.0. The largest absolute Gasteiger partial charge is 0.496 e. The molecule has 1 amide bonds. The number of ether oxygens (including phenoxy) is 2. The lowest BCUT2D eigenvalue weighted by Crippen LogP contribution is -2.44. The molecule has 1 saturated heterocycles. The molecule has 0 aliphatic carbocycles.